The number of halogens is 3. The molecule has 3 heterocycles. The highest BCUT2D eigenvalue weighted by Crippen LogP contribution is 2.40. The van der Waals surface area contributed by atoms with Gasteiger partial charge in [0.25, 0.3) is 5.91 Å². The van der Waals surface area contributed by atoms with Gasteiger partial charge in [0.1, 0.15) is 0 Å². The van der Waals surface area contributed by atoms with Crippen molar-refractivity contribution in [1.29, 1.82) is 0 Å². The predicted molar refractivity (Wildman–Crippen MR) is 94.0 cm³/mol. The van der Waals surface area contributed by atoms with Gasteiger partial charge >= 0.3 is 12.1 Å². The summed E-state index contributed by atoms with van der Waals surface area (Å²) in [6.45, 7) is 7.95. The smallest absolute Gasteiger partial charge is 0.475 e. The number of rotatable bonds is 4. The van der Waals surface area contributed by atoms with E-state index >= 15 is 0 Å². The fourth-order valence-electron chi connectivity index (χ4n) is 3.30. The predicted octanol–water partition coefficient (Wildman–Crippen LogP) is 2.48. The van der Waals surface area contributed by atoms with Crippen molar-refractivity contribution >= 4 is 23.2 Å². The average Bonchev–Trinajstić information content (AvgIpc) is 3.17. The Hall–Kier alpha value is -1.65. The molecule has 1 aromatic heterocycles. The minimum atomic E-state index is -5.08. The Morgan fingerprint density at radius 1 is 1.33 bits per heavy atom. The Bertz CT molecular complexity index is 671. The molecule has 2 aliphatic rings. The van der Waals surface area contributed by atoms with Crippen molar-refractivity contribution in [3.63, 3.8) is 0 Å². The van der Waals surface area contributed by atoms with Gasteiger partial charge in [-0.3, -0.25) is 4.79 Å². The fraction of sp³-hybridized carbons (Fsp3) is 0.647. The van der Waals surface area contributed by atoms with Crippen molar-refractivity contribution in [3.8, 4) is 0 Å². The lowest BCUT2D eigenvalue weighted by atomic mass is 9.79. The number of carbonyl (C=O) groups is 2. The molecule has 3 rings (SSSR count). The summed E-state index contributed by atoms with van der Waals surface area (Å²) in [6, 6.07) is 2.00. The van der Waals surface area contributed by atoms with Gasteiger partial charge in [-0.2, -0.15) is 13.2 Å². The van der Waals surface area contributed by atoms with Crippen molar-refractivity contribution in [2.24, 2.45) is 5.41 Å². The van der Waals surface area contributed by atoms with E-state index in [1.807, 2.05) is 23.3 Å². The van der Waals surface area contributed by atoms with Crippen molar-refractivity contribution in [2.75, 3.05) is 46.4 Å². The van der Waals surface area contributed by atoms with Crippen molar-refractivity contribution in [1.82, 2.24) is 9.80 Å². The monoisotopic (exact) mass is 408 g/mol. The number of carboxylic acids is 1. The van der Waals surface area contributed by atoms with Gasteiger partial charge in [0.2, 0.25) is 0 Å². The van der Waals surface area contributed by atoms with E-state index in [0.717, 1.165) is 44.2 Å². The normalized spacial score (nSPS) is 18.8. The molecule has 2 saturated heterocycles. The Labute approximate surface area is 159 Å². The summed E-state index contributed by atoms with van der Waals surface area (Å²) in [5.74, 6) is -2.54. The molecule has 0 unspecified atom stereocenters. The van der Waals surface area contributed by atoms with Crippen LogP contribution in [0.5, 0.6) is 0 Å². The Kier molecular flexibility index (Phi) is 6.87. The highest BCUT2D eigenvalue weighted by molar-refractivity contribution is 7.12. The van der Waals surface area contributed by atoms with E-state index in [4.69, 9.17) is 14.6 Å². The summed E-state index contributed by atoms with van der Waals surface area (Å²) >= 11 is 1.56. The number of amides is 1. The standard InChI is InChI=1S/C15H22N2O2S.C2HF3O2/c1-12-7-13(20-8-12)14(18)17-10-15(11-17)3-4-16(9-15)5-6-19-2;3-2(4,5)1(6)7/h7-8H,3-6,9-11H2,1-2H3;(H,6,7). The minimum absolute atomic E-state index is 0.212. The molecule has 1 N–H and O–H groups in total. The van der Waals surface area contributed by atoms with Gasteiger partial charge in [-0.1, -0.05) is 0 Å². The molecule has 6 nitrogen and oxygen atoms in total. The number of ether oxygens (including phenoxy) is 1. The molecule has 2 fully saturated rings. The van der Waals surface area contributed by atoms with Crippen LogP contribution >= 0.6 is 11.3 Å². The number of aryl methyl sites for hydroxylation is 1. The Morgan fingerprint density at radius 2 is 1.96 bits per heavy atom. The van der Waals surface area contributed by atoms with E-state index in [-0.39, 0.29) is 5.91 Å². The van der Waals surface area contributed by atoms with E-state index in [0.29, 0.717) is 5.41 Å². The Morgan fingerprint density at radius 3 is 2.44 bits per heavy atom. The highest BCUT2D eigenvalue weighted by Gasteiger charge is 2.49. The van der Waals surface area contributed by atoms with Gasteiger partial charge in [0.15, 0.2) is 0 Å². The maximum Gasteiger partial charge on any atom is 0.490 e. The molecule has 2 aliphatic heterocycles. The van der Waals surface area contributed by atoms with Crippen LogP contribution < -0.4 is 0 Å². The Balaban J connectivity index is 0.000000321. The third kappa shape index (κ3) is 5.66. The van der Waals surface area contributed by atoms with Gasteiger partial charge < -0.3 is 19.6 Å². The summed E-state index contributed by atoms with van der Waals surface area (Å²) in [7, 11) is 1.75. The molecular formula is C17H23F3N2O4S. The van der Waals surface area contributed by atoms with Gasteiger partial charge in [-0.15, -0.1) is 11.3 Å². The molecule has 1 spiro atoms. The molecule has 0 aromatic carbocycles. The summed E-state index contributed by atoms with van der Waals surface area (Å²) < 4.78 is 36.9. The second kappa shape index (κ2) is 8.57. The minimum Gasteiger partial charge on any atom is -0.475 e. The van der Waals surface area contributed by atoms with Crippen LogP contribution in [0.25, 0.3) is 0 Å². The zero-order valence-corrected chi connectivity index (χ0v) is 16.0. The topological polar surface area (TPSA) is 70.1 Å². The molecule has 0 radical (unpaired) electrons. The molecule has 0 aliphatic carbocycles. The van der Waals surface area contributed by atoms with Crippen LogP contribution in [0.3, 0.4) is 0 Å². The van der Waals surface area contributed by atoms with E-state index in [1.165, 1.54) is 12.0 Å². The molecule has 0 bridgehead atoms. The van der Waals surface area contributed by atoms with Crippen LogP contribution in [0, 0.1) is 12.3 Å². The lowest BCUT2D eigenvalue weighted by Crippen LogP contribution is -2.59. The second-order valence-electron chi connectivity index (χ2n) is 6.97. The number of carbonyl (C=O) groups excluding carboxylic acids is 1. The van der Waals surface area contributed by atoms with Crippen LogP contribution in [-0.2, 0) is 9.53 Å². The first-order chi connectivity index (χ1) is 12.6. The van der Waals surface area contributed by atoms with E-state index in [1.54, 1.807) is 18.4 Å². The molecule has 1 amide bonds. The van der Waals surface area contributed by atoms with Gasteiger partial charge in [0.05, 0.1) is 11.5 Å². The van der Waals surface area contributed by atoms with Gasteiger partial charge in [-0.05, 0) is 36.9 Å². The number of aliphatic carboxylic acids is 1. The first kappa shape index (κ1) is 21.6. The third-order valence-electron chi connectivity index (χ3n) is 4.65. The summed E-state index contributed by atoms with van der Waals surface area (Å²) in [4.78, 5) is 26.6. The first-order valence-electron chi connectivity index (χ1n) is 8.42. The van der Waals surface area contributed by atoms with Crippen molar-refractivity contribution in [2.45, 2.75) is 19.5 Å². The molecule has 152 valence electrons. The molecule has 27 heavy (non-hydrogen) atoms. The number of methoxy groups -OCH3 is 1. The quantitative estimate of drug-likeness (QED) is 0.829. The van der Waals surface area contributed by atoms with E-state index in [2.05, 4.69) is 4.90 Å². The SMILES string of the molecule is COCCN1CCC2(C1)CN(C(=O)c1cc(C)cs1)C2.O=C(O)C(F)(F)F. The number of thiophene rings is 1. The van der Waals surface area contributed by atoms with Gasteiger partial charge in [0, 0.05) is 38.7 Å². The number of hydrogen-bond donors (Lipinski definition) is 1. The van der Waals surface area contributed by atoms with Crippen LogP contribution in [0.2, 0.25) is 0 Å². The molecule has 1 aromatic rings. The third-order valence-corrected chi connectivity index (χ3v) is 5.69. The maximum atomic E-state index is 12.3. The summed E-state index contributed by atoms with van der Waals surface area (Å²) in [6.07, 6.45) is -3.87. The van der Waals surface area contributed by atoms with Crippen molar-refractivity contribution in [3.05, 3.63) is 21.9 Å². The van der Waals surface area contributed by atoms with Gasteiger partial charge in [-0.25, -0.2) is 4.79 Å². The first-order valence-corrected chi connectivity index (χ1v) is 9.30. The molecular weight excluding hydrogens is 385 g/mol. The maximum absolute atomic E-state index is 12.3. The number of alkyl halides is 3. The highest BCUT2D eigenvalue weighted by atomic mass is 32.1. The number of nitrogens with zero attached hydrogens (tertiary/aromatic N) is 2. The summed E-state index contributed by atoms with van der Waals surface area (Å²) in [5.41, 5.74) is 1.54. The second-order valence-corrected chi connectivity index (χ2v) is 7.88. The molecule has 10 heteroatoms. The van der Waals surface area contributed by atoms with Crippen LogP contribution in [0.1, 0.15) is 21.7 Å². The average molecular weight is 408 g/mol. The van der Waals surface area contributed by atoms with Crippen LogP contribution in [-0.4, -0.2) is 79.4 Å². The largest absolute Gasteiger partial charge is 0.490 e. The lowest BCUT2D eigenvalue weighted by Gasteiger charge is -2.48. The van der Waals surface area contributed by atoms with E-state index in [9.17, 15) is 18.0 Å². The zero-order valence-electron chi connectivity index (χ0n) is 15.2. The van der Waals surface area contributed by atoms with E-state index < -0.39 is 12.1 Å². The van der Waals surface area contributed by atoms with Crippen LogP contribution in [0.4, 0.5) is 13.2 Å². The molecule has 0 atom stereocenters. The summed E-state index contributed by atoms with van der Waals surface area (Å²) in [5, 5.41) is 9.17. The number of likely N-dealkylation sites (tertiary alicyclic amines) is 2. The van der Waals surface area contributed by atoms with Crippen LogP contribution in [0.15, 0.2) is 11.4 Å². The lowest BCUT2D eigenvalue weighted by molar-refractivity contribution is -0.192. The number of carboxylic acid groups (broad SMARTS) is 1. The zero-order chi connectivity index (χ0) is 20.2. The number of hydrogen-bond acceptors (Lipinski definition) is 5. The van der Waals surface area contributed by atoms with Crippen molar-refractivity contribution < 1.29 is 32.6 Å². The molecule has 0 saturated carbocycles. The fourth-order valence-corrected chi connectivity index (χ4v) is 4.17.